The summed E-state index contributed by atoms with van der Waals surface area (Å²) in [5.41, 5.74) is 3.26. The summed E-state index contributed by atoms with van der Waals surface area (Å²) in [6, 6.07) is 3.85. The molecule has 0 aromatic heterocycles. The average molecular weight is 178 g/mol. The molecular formula is C10H14N2O. The molecule has 13 heavy (non-hydrogen) atoms. The average Bonchev–Trinajstić information content (AvgIpc) is 2.48. The Balaban J connectivity index is 2.49. The van der Waals surface area contributed by atoms with E-state index in [9.17, 15) is 5.11 Å². The van der Waals surface area contributed by atoms with Gasteiger partial charge < -0.3 is 15.3 Å². The fraction of sp³-hybridized carbons (Fsp3) is 0.400. The van der Waals surface area contributed by atoms with Gasteiger partial charge in [0.1, 0.15) is 5.75 Å². The van der Waals surface area contributed by atoms with Crippen molar-refractivity contribution in [3.8, 4) is 5.75 Å². The van der Waals surface area contributed by atoms with Crippen molar-refractivity contribution in [2.75, 3.05) is 30.9 Å². The first-order chi connectivity index (χ1) is 6.18. The summed E-state index contributed by atoms with van der Waals surface area (Å²) >= 11 is 0. The highest BCUT2D eigenvalue weighted by molar-refractivity contribution is 5.69. The molecule has 70 valence electrons. The number of nitrogens with zero attached hydrogens (tertiary/aromatic N) is 1. The van der Waals surface area contributed by atoms with Crippen LogP contribution in [-0.2, 0) is 6.42 Å². The first-order valence-corrected chi connectivity index (χ1v) is 4.45. The predicted molar refractivity (Wildman–Crippen MR) is 54.6 cm³/mol. The van der Waals surface area contributed by atoms with Crippen molar-refractivity contribution in [1.29, 1.82) is 0 Å². The zero-order chi connectivity index (χ0) is 9.42. The number of benzene rings is 1. The van der Waals surface area contributed by atoms with E-state index in [1.807, 2.05) is 25.1 Å². The van der Waals surface area contributed by atoms with E-state index in [4.69, 9.17) is 0 Å². The van der Waals surface area contributed by atoms with Crippen molar-refractivity contribution in [3.05, 3.63) is 17.7 Å². The third kappa shape index (κ3) is 1.30. The van der Waals surface area contributed by atoms with E-state index < -0.39 is 0 Å². The number of nitrogens with one attached hydrogen (secondary N) is 1. The third-order valence-corrected chi connectivity index (χ3v) is 2.39. The summed E-state index contributed by atoms with van der Waals surface area (Å²) in [6.45, 7) is 0.978. The number of aromatic hydroxyl groups is 1. The highest BCUT2D eigenvalue weighted by atomic mass is 16.3. The molecule has 0 radical (unpaired) electrons. The van der Waals surface area contributed by atoms with Crippen LogP contribution < -0.4 is 10.2 Å². The summed E-state index contributed by atoms with van der Waals surface area (Å²) in [4.78, 5) is 1.92. The lowest BCUT2D eigenvalue weighted by Gasteiger charge is -2.15. The molecule has 3 heteroatoms. The number of phenolic OH excluding ortho intramolecular Hbond substituents is 1. The predicted octanol–water partition coefficient (Wildman–Crippen LogP) is 1.43. The van der Waals surface area contributed by atoms with E-state index in [2.05, 4.69) is 5.32 Å². The monoisotopic (exact) mass is 178 g/mol. The maximum atomic E-state index is 9.66. The molecule has 2 rings (SSSR count). The van der Waals surface area contributed by atoms with Crippen LogP contribution in [0.2, 0.25) is 0 Å². The molecule has 0 amide bonds. The molecule has 3 nitrogen and oxygen atoms in total. The third-order valence-electron chi connectivity index (χ3n) is 2.39. The Hall–Kier alpha value is -1.38. The maximum absolute atomic E-state index is 9.66. The van der Waals surface area contributed by atoms with Gasteiger partial charge in [0, 0.05) is 32.4 Å². The van der Waals surface area contributed by atoms with Gasteiger partial charge in [-0.2, -0.15) is 0 Å². The van der Waals surface area contributed by atoms with E-state index in [1.165, 1.54) is 5.56 Å². The van der Waals surface area contributed by atoms with Crippen LogP contribution in [0.1, 0.15) is 5.56 Å². The molecule has 0 fully saturated rings. The Morgan fingerprint density at radius 2 is 2.15 bits per heavy atom. The van der Waals surface area contributed by atoms with E-state index in [-0.39, 0.29) is 0 Å². The summed E-state index contributed by atoms with van der Waals surface area (Å²) in [6.07, 6.45) is 1.05. The second-order valence-electron chi connectivity index (χ2n) is 3.57. The van der Waals surface area contributed by atoms with Crippen molar-refractivity contribution in [2.24, 2.45) is 0 Å². The van der Waals surface area contributed by atoms with Crippen molar-refractivity contribution in [3.63, 3.8) is 0 Å². The number of phenols is 1. The van der Waals surface area contributed by atoms with Crippen LogP contribution in [0.5, 0.6) is 5.75 Å². The van der Waals surface area contributed by atoms with Crippen LogP contribution in [0, 0.1) is 0 Å². The largest absolute Gasteiger partial charge is 0.506 e. The van der Waals surface area contributed by atoms with Gasteiger partial charge in [-0.3, -0.25) is 0 Å². The van der Waals surface area contributed by atoms with Crippen LogP contribution >= 0.6 is 0 Å². The molecule has 1 aromatic rings. The lowest BCUT2D eigenvalue weighted by molar-refractivity contribution is 0.476. The van der Waals surface area contributed by atoms with E-state index in [0.29, 0.717) is 5.75 Å². The Morgan fingerprint density at radius 3 is 2.85 bits per heavy atom. The van der Waals surface area contributed by atoms with Gasteiger partial charge in [0.05, 0.1) is 5.69 Å². The molecule has 0 spiro atoms. The molecule has 0 atom stereocenters. The second-order valence-corrected chi connectivity index (χ2v) is 3.57. The Kier molecular flexibility index (Phi) is 1.79. The zero-order valence-corrected chi connectivity index (χ0v) is 7.96. The zero-order valence-electron chi connectivity index (χ0n) is 7.96. The molecule has 1 heterocycles. The van der Waals surface area contributed by atoms with E-state index >= 15 is 0 Å². The lowest BCUT2D eigenvalue weighted by atomic mass is 10.1. The van der Waals surface area contributed by atoms with Gasteiger partial charge in [0.2, 0.25) is 0 Å². The molecule has 0 aliphatic carbocycles. The minimum atomic E-state index is 0.346. The standard InChI is InChI=1S/C10H14N2O/c1-12(2)9-5-7-3-4-11-8(7)6-10(9)13/h5-6,11,13H,3-4H2,1-2H3. The molecule has 0 bridgehead atoms. The minimum Gasteiger partial charge on any atom is -0.506 e. The molecule has 0 unspecified atom stereocenters. The van der Waals surface area contributed by atoms with Gasteiger partial charge >= 0.3 is 0 Å². The summed E-state index contributed by atoms with van der Waals surface area (Å²) in [7, 11) is 3.87. The molecule has 1 aromatic carbocycles. The first kappa shape index (κ1) is 8.23. The molecule has 1 aliphatic rings. The van der Waals surface area contributed by atoms with Crippen molar-refractivity contribution in [1.82, 2.24) is 0 Å². The normalized spacial score (nSPS) is 13.7. The topological polar surface area (TPSA) is 35.5 Å². The quantitative estimate of drug-likeness (QED) is 0.682. The SMILES string of the molecule is CN(C)c1cc2c(cc1O)NCC2. The fourth-order valence-corrected chi connectivity index (χ4v) is 1.68. The number of rotatable bonds is 1. The minimum absolute atomic E-state index is 0.346. The van der Waals surface area contributed by atoms with Gasteiger partial charge in [0.15, 0.2) is 0 Å². The lowest BCUT2D eigenvalue weighted by Crippen LogP contribution is -2.09. The molecule has 2 N–H and O–H groups in total. The summed E-state index contributed by atoms with van der Waals surface area (Å²) in [5, 5.41) is 12.9. The number of hydrogen-bond acceptors (Lipinski definition) is 3. The highest BCUT2D eigenvalue weighted by Crippen LogP contribution is 2.34. The van der Waals surface area contributed by atoms with Gasteiger partial charge in [-0.15, -0.1) is 0 Å². The van der Waals surface area contributed by atoms with Crippen LogP contribution in [0.25, 0.3) is 0 Å². The Labute approximate surface area is 78.0 Å². The molecule has 0 saturated carbocycles. The number of hydrogen-bond donors (Lipinski definition) is 2. The van der Waals surface area contributed by atoms with Crippen LogP contribution in [0.3, 0.4) is 0 Å². The summed E-state index contributed by atoms with van der Waals surface area (Å²) in [5.74, 6) is 0.346. The van der Waals surface area contributed by atoms with Crippen LogP contribution in [0.15, 0.2) is 12.1 Å². The van der Waals surface area contributed by atoms with Gasteiger partial charge in [-0.1, -0.05) is 0 Å². The van der Waals surface area contributed by atoms with Gasteiger partial charge in [-0.05, 0) is 18.1 Å². The van der Waals surface area contributed by atoms with E-state index in [0.717, 1.165) is 24.3 Å². The molecule has 1 aliphatic heterocycles. The smallest absolute Gasteiger partial charge is 0.140 e. The first-order valence-electron chi connectivity index (χ1n) is 4.45. The van der Waals surface area contributed by atoms with Crippen molar-refractivity contribution < 1.29 is 5.11 Å². The van der Waals surface area contributed by atoms with Crippen LogP contribution in [0.4, 0.5) is 11.4 Å². The highest BCUT2D eigenvalue weighted by Gasteiger charge is 2.14. The molecule has 0 saturated heterocycles. The molecular weight excluding hydrogens is 164 g/mol. The number of anilines is 2. The summed E-state index contributed by atoms with van der Waals surface area (Å²) < 4.78 is 0. The van der Waals surface area contributed by atoms with Gasteiger partial charge in [-0.25, -0.2) is 0 Å². The Bertz CT molecular complexity index is 334. The van der Waals surface area contributed by atoms with Crippen molar-refractivity contribution in [2.45, 2.75) is 6.42 Å². The van der Waals surface area contributed by atoms with E-state index in [1.54, 1.807) is 6.07 Å². The van der Waals surface area contributed by atoms with Crippen molar-refractivity contribution >= 4 is 11.4 Å². The van der Waals surface area contributed by atoms with Crippen LogP contribution in [-0.4, -0.2) is 25.7 Å². The number of fused-ring (bicyclic) bond motifs is 1. The fourth-order valence-electron chi connectivity index (χ4n) is 1.68. The Morgan fingerprint density at radius 1 is 1.38 bits per heavy atom. The second kappa shape index (κ2) is 2.83. The maximum Gasteiger partial charge on any atom is 0.140 e. The van der Waals surface area contributed by atoms with Gasteiger partial charge in [0.25, 0.3) is 0 Å².